The van der Waals surface area contributed by atoms with Crippen molar-refractivity contribution in [2.45, 2.75) is 20.4 Å². The van der Waals surface area contributed by atoms with E-state index in [1.165, 1.54) is 7.11 Å². The monoisotopic (exact) mass is 436 g/mol. The zero-order valence-corrected chi connectivity index (χ0v) is 18.7. The van der Waals surface area contributed by atoms with Gasteiger partial charge in [0.2, 0.25) is 5.78 Å². The van der Waals surface area contributed by atoms with Crippen molar-refractivity contribution in [2.24, 2.45) is 0 Å². The van der Waals surface area contributed by atoms with Crippen LogP contribution in [0, 0.1) is 6.92 Å². The highest BCUT2D eigenvalue weighted by Crippen LogP contribution is 2.42. The van der Waals surface area contributed by atoms with E-state index < -0.39 is 5.97 Å². The first-order valence-electron chi connectivity index (χ1n) is 10.8. The molecule has 0 saturated carbocycles. The summed E-state index contributed by atoms with van der Waals surface area (Å²) in [6, 6.07) is 8.40. The number of ketones is 1. The number of piperazine rings is 1. The smallest absolute Gasteiger partial charge is 0.337 e. The molecule has 0 atom stereocenters. The largest absolute Gasteiger partial charge is 0.507 e. The van der Waals surface area contributed by atoms with Crippen LogP contribution in [0.2, 0.25) is 0 Å². The number of likely N-dealkylation sites (N-methyl/N-ethyl adjacent to an activating group) is 1. The molecule has 1 saturated heterocycles. The molecule has 2 aliphatic heterocycles. The molecule has 0 aromatic heterocycles. The fourth-order valence-electron chi connectivity index (χ4n) is 4.20. The molecule has 0 aliphatic carbocycles. The van der Waals surface area contributed by atoms with Gasteiger partial charge in [0.15, 0.2) is 5.76 Å². The van der Waals surface area contributed by atoms with Gasteiger partial charge >= 0.3 is 5.97 Å². The van der Waals surface area contributed by atoms with Crippen molar-refractivity contribution in [3.05, 3.63) is 63.9 Å². The van der Waals surface area contributed by atoms with Gasteiger partial charge in [-0.25, -0.2) is 4.79 Å². The number of ether oxygens (including phenoxy) is 2. The Balaban J connectivity index is 1.60. The number of fused-ring (bicyclic) bond motifs is 1. The van der Waals surface area contributed by atoms with Crippen molar-refractivity contribution in [3.63, 3.8) is 0 Å². The molecule has 4 rings (SSSR count). The second kappa shape index (κ2) is 9.14. The lowest BCUT2D eigenvalue weighted by Crippen LogP contribution is -2.45. The van der Waals surface area contributed by atoms with Gasteiger partial charge in [-0.15, -0.1) is 0 Å². The van der Waals surface area contributed by atoms with E-state index >= 15 is 0 Å². The third-order valence-electron chi connectivity index (χ3n) is 6.14. The van der Waals surface area contributed by atoms with Gasteiger partial charge in [-0.3, -0.25) is 9.69 Å². The molecular weight excluding hydrogens is 408 g/mol. The number of phenols is 1. The number of allylic oxidation sites excluding steroid dienone is 1. The topological polar surface area (TPSA) is 79.3 Å². The van der Waals surface area contributed by atoms with Crippen LogP contribution in [0.3, 0.4) is 0 Å². The van der Waals surface area contributed by atoms with Gasteiger partial charge in [0.1, 0.15) is 11.5 Å². The summed E-state index contributed by atoms with van der Waals surface area (Å²) in [7, 11) is 1.33. The summed E-state index contributed by atoms with van der Waals surface area (Å²) in [5, 5.41) is 10.7. The number of esters is 1. The van der Waals surface area contributed by atoms with Gasteiger partial charge in [0.25, 0.3) is 0 Å². The van der Waals surface area contributed by atoms with E-state index in [2.05, 4.69) is 16.7 Å². The molecule has 0 spiro atoms. The first-order chi connectivity index (χ1) is 15.4. The Morgan fingerprint density at radius 2 is 1.81 bits per heavy atom. The molecule has 0 bridgehead atoms. The van der Waals surface area contributed by atoms with E-state index in [-0.39, 0.29) is 17.3 Å². The van der Waals surface area contributed by atoms with Crippen LogP contribution in [-0.2, 0) is 11.3 Å². The lowest BCUT2D eigenvalue weighted by molar-refractivity contribution is 0.0600. The Morgan fingerprint density at radius 1 is 1.16 bits per heavy atom. The minimum Gasteiger partial charge on any atom is -0.507 e. The number of nitrogens with zero attached hydrogens (tertiary/aromatic N) is 2. The molecule has 0 radical (unpaired) electrons. The summed E-state index contributed by atoms with van der Waals surface area (Å²) in [6.45, 7) is 9.29. The predicted octanol–water partition coefficient (Wildman–Crippen LogP) is 3.24. The van der Waals surface area contributed by atoms with E-state index in [1.807, 2.05) is 0 Å². The molecule has 2 heterocycles. The second-order valence-corrected chi connectivity index (χ2v) is 8.16. The zero-order chi connectivity index (χ0) is 22.8. The molecule has 1 fully saturated rings. The Labute approximate surface area is 187 Å². The molecule has 2 aliphatic rings. The standard InChI is InChI=1S/C25H28N2O5/c1-4-26-9-11-27(12-10-26)15-19-20(28)13-16(2)22-23(29)21(32-24(19)22)14-17-5-7-18(8-6-17)25(30)31-3/h5-8,13-14,28H,4,9-12,15H2,1-3H3/b21-14-. The van der Waals surface area contributed by atoms with Gasteiger partial charge in [0, 0.05) is 32.7 Å². The number of aromatic hydroxyl groups is 1. The normalized spacial score (nSPS) is 18.0. The van der Waals surface area contributed by atoms with Gasteiger partial charge in [-0.1, -0.05) is 19.1 Å². The first-order valence-corrected chi connectivity index (χ1v) is 10.8. The summed E-state index contributed by atoms with van der Waals surface area (Å²) in [5.41, 5.74) is 3.00. The summed E-state index contributed by atoms with van der Waals surface area (Å²) in [4.78, 5) is 29.4. The number of methoxy groups -OCH3 is 1. The van der Waals surface area contributed by atoms with Gasteiger partial charge in [-0.2, -0.15) is 0 Å². The maximum absolute atomic E-state index is 13.1. The third kappa shape index (κ3) is 4.26. The van der Waals surface area contributed by atoms with Gasteiger partial charge < -0.3 is 19.5 Å². The number of rotatable bonds is 5. The Morgan fingerprint density at radius 3 is 2.44 bits per heavy atom. The SMILES string of the molecule is CCN1CCN(Cc2c(O)cc(C)c3c2O/C(=C\c2ccc(C(=O)OC)cc2)C3=O)CC1. The average Bonchev–Trinajstić information content (AvgIpc) is 3.13. The van der Waals surface area contributed by atoms with E-state index in [4.69, 9.17) is 9.47 Å². The van der Waals surface area contributed by atoms with Crippen LogP contribution >= 0.6 is 0 Å². The van der Waals surface area contributed by atoms with Crippen LogP contribution in [0.4, 0.5) is 0 Å². The number of phenolic OH excluding ortho intramolecular Hbond substituents is 1. The molecule has 7 nitrogen and oxygen atoms in total. The van der Waals surface area contributed by atoms with E-state index in [0.717, 1.165) is 38.3 Å². The molecule has 7 heteroatoms. The number of carbonyl (C=O) groups is 2. The third-order valence-corrected chi connectivity index (χ3v) is 6.14. The van der Waals surface area contributed by atoms with Gasteiger partial charge in [-0.05, 0) is 48.9 Å². The molecule has 168 valence electrons. The maximum atomic E-state index is 13.1. The summed E-state index contributed by atoms with van der Waals surface area (Å²) in [6.07, 6.45) is 1.66. The van der Waals surface area contributed by atoms with E-state index in [9.17, 15) is 14.7 Å². The number of benzene rings is 2. The quantitative estimate of drug-likeness (QED) is 0.569. The Bertz CT molecular complexity index is 1070. The molecule has 1 N–H and O–H groups in total. The molecular formula is C25H28N2O5. The molecule has 32 heavy (non-hydrogen) atoms. The molecule has 0 amide bonds. The van der Waals surface area contributed by atoms with E-state index in [1.54, 1.807) is 43.3 Å². The predicted molar refractivity (Wildman–Crippen MR) is 121 cm³/mol. The van der Waals surface area contributed by atoms with Crippen molar-refractivity contribution in [1.29, 1.82) is 0 Å². The zero-order valence-electron chi connectivity index (χ0n) is 18.7. The number of hydrogen-bond acceptors (Lipinski definition) is 7. The lowest BCUT2D eigenvalue weighted by Gasteiger charge is -2.34. The minimum absolute atomic E-state index is 0.149. The van der Waals surface area contributed by atoms with Crippen molar-refractivity contribution >= 4 is 17.8 Å². The Hall–Kier alpha value is -3.16. The van der Waals surface area contributed by atoms with E-state index in [0.29, 0.717) is 34.5 Å². The second-order valence-electron chi connectivity index (χ2n) is 8.16. The van der Waals surface area contributed by atoms with Crippen molar-refractivity contribution < 1.29 is 24.2 Å². The van der Waals surface area contributed by atoms with Crippen LogP contribution in [0.1, 0.15) is 44.3 Å². The number of hydrogen-bond donors (Lipinski definition) is 1. The molecule has 2 aromatic rings. The van der Waals surface area contributed by atoms with Crippen LogP contribution in [0.5, 0.6) is 11.5 Å². The lowest BCUT2D eigenvalue weighted by atomic mass is 9.99. The minimum atomic E-state index is -0.416. The molecule has 0 unspecified atom stereocenters. The van der Waals surface area contributed by atoms with Crippen LogP contribution in [-0.4, -0.2) is 66.5 Å². The Kier molecular flexibility index (Phi) is 6.30. The first kappa shape index (κ1) is 22.0. The molecule has 2 aromatic carbocycles. The van der Waals surface area contributed by atoms with Crippen molar-refractivity contribution in [2.75, 3.05) is 39.8 Å². The van der Waals surface area contributed by atoms with Crippen molar-refractivity contribution in [1.82, 2.24) is 9.80 Å². The summed E-state index contributed by atoms with van der Waals surface area (Å²) >= 11 is 0. The van der Waals surface area contributed by atoms with Crippen LogP contribution in [0.15, 0.2) is 36.1 Å². The fraction of sp³-hybridized carbons (Fsp3) is 0.360. The van der Waals surface area contributed by atoms with Crippen molar-refractivity contribution in [3.8, 4) is 11.5 Å². The highest BCUT2D eigenvalue weighted by atomic mass is 16.5. The number of carbonyl (C=O) groups excluding carboxylic acids is 2. The highest BCUT2D eigenvalue weighted by Gasteiger charge is 2.34. The summed E-state index contributed by atoms with van der Waals surface area (Å²) < 4.78 is 10.7. The highest BCUT2D eigenvalue weighted by molar-refractivity contribution is 6.15. The van der Waals surface area contributed by atoms with Crippen LogP contribution < -0.4 is 4.74 Å². The summed E-state index contributed by atoms with van der Waals surface area (Å²) in [5.74, 6) is 0.182. The van der Waals surface area contributed by atoms with Crippen LogP contribution in [0.25, 0.3) is 6.08 Å². The average molecular weight is 437 g/mol. The number of aryl methyl sites for hydroxylation is 1. The number of Topliss-reactive ketones (excluding diaryl/α,β-unsaturated/α-hetero) is 1. The fourth-order valence-corrected chi connectivity index (χ4v) is 4.20. The van der Waals surface area contributed by atoms with Gasteiger partial charge in [0.05, 0.1) is 23.8 Å². The maximum Gasteiger partial charge on any atom is 0.337 e.